The molecule has 6 heteroatoms. The molecule has 5 nitrogen and oxygen atoms in total. The van der Waals surface area contributed by atoms with Gasteiger partial charge in [-0.3, -0.25) is 14.4 Å². The summed E-state index contributed by atoms with van der Waals surface area (Å²) >= 11 is 1.30. The van der Waals surface area contributed by atoms with Crippen molar-refractivity contribution in [3.8, 4) is 0 Å². The predicted octanol–water partition coefficient (Wildman–Crippen LogP) is 0.565. The van der Waals surface area contributed by atoms with Gasteiger partial charge in [0, 0.05) is 32.3 Å². The number of hydroxylamine groups is 2. The lowest BCUT2D eigenvalue weighted by Crippen LogP contribution is -2.31. The van der Waals surface area contributed by atoms with Gasteiger partial charge in [0.2, 0.25) is 5.91 Å². The van der Waals surface area contributed by atoms with Crippen molar-refractivity contribution in [2.45, 2.75) is 6.42 Å². The molecule has 0 radical (unpaired) electrons. The molecule has 1 aliphatic heterocycles. The van der Waals surface area contributed by atoms with Gasteiger partial charge >= 0.3 is 0 Å². The highest BCUT2D eigenvalue weighted by Crippen LogP contribution is 2.17. The van der Waals surface area contributed by atoms with Crippen LogP contribution in [0.1, 0.15) is 6.42 Å². The van der Waals surface area contributed by atoms with Gasteiger partial charge in [-0.15, -0.1) is 0 Å². The highest BCUT2D eigenvalue weighted by molar-refractivity contribution is 8.13. The molecule has 0 aromatic heterocycles. The van der Waals surface area contributed by atoms with Crippen molar-refractivity contribution in [2.24, 2.45) is 0 Å². The molecule has 0 unspecified atom stereocenters. The van der Waals surface area contributed by atoms with Crippen molar-refractivity contribution in [3.63, 3.8) is 0 Å². The Morgan fingerprint density at radius 1 is 1.71 bits per heavy atom. The van der Waals surface area contributed by atoms with Crippen molar-refractivity contribution in [1.82, 2.24) is 9.96 Å². The summed E-state index contributed by atoms with van der Waals surface area (Å²) in [7, 11) is 3.00. The minimum atomic E-state index is -0.114. The normalized spacial score (nSPS) is 16.1. The molecule has 1 aliphatic rings. The summed E-state index contributed by atoms with van der Waals surface area (Å²) in [5.41, 5.74) is 0. The second kappa shape index (κ2) is 5.21. The average molecular weight is 218 g/mol. The van der Waals surface area contributed by atoms with Gasteiger partial charge in [-0.2, -0.15) is 0 Å². The quantitative estimate of drug-likeness (QED) is 0.647. The molecule has 1 saturated heterocycles. The van der Waals surface area contributed by atoms with Crippen molar-refractivity contribution in [1.29, 1.82) is 0 Å². The molecular formula is C8H14N2O3S. The molecule has 0 spiro atoms. The lowest BCUT2D eigenvalue weighted by Gasteiger charge is -2.17. The molecule has 0 saturated carbocycles. The van der Waals surface area contributed by atoms with E-state index >= 15 is 0 Å². The summed E-state index contributed by atoms with van der Waals surface area (Å²) < 4.78 is 0. The number of hydrogen-bond donors (Lipinski definition) is 0. The van der Waals surface area contributed by atoms with Gasteiger partial charge in [-0.05, 0) is 0 Å². The summed E-state index contributed by atoms with van der Waals surface area (Å²) in [5, 5.41) is 1.24. The molecule has 0 atom stereocenters. The zero-order chi connectivity index (χ0) is 10.6. The van der Waals surface area contributed by atoms with Crippen LogP contribution in [0.25, 0.3) is 0 Å². The fraction of sp³-hybridized carbons (Fsp3) is 0.750. The lowest BCUT2D eigenvalue weighted by atomic mass is 10.3. The number of amides is 2. The Labute approximate surface area is 87.3 Å². The minimum Gasteiger partial charge on any atom is -0.332 e. The maximum absolute atomic E-state index is 11.3. The monoisotopic (exact) mass is 218 g/mol. The molecule has 1 fully saturated rings. The number of rotatable bonds is 4. The summed E-state index contributed by atoms with van der Waals surface area (Å²) in [5.74, 6) is 0.713. The van der Waals surface area contributed by atoms with Crippen LogP contribution in [-0.2, 0) is 9.63 Å². The Morgan fingerprint density at radius 3 is 2.93 bits per heavy atom. The summed E-state index contributed by atoms with van der Waals surface area (Å²) in [6, 6.07) is 0. The van der Waals surface area contributed by atoms with Crippen molar-refractivity contribution in [2.75, 3.05) is 33.0 Å². The van der Waals surface area contributed by atoms with Crippen molar-refractivity contribution >= 4 is 22.9 Å². The van der Waals surface area contributed by atoms with Gasteiger partial charge in [0.25, 0.3) is 5.24 Å². The molecule has 0 aromatic rings. The SMILES string of the molecule is CON(C)C(=O)CCN1CCSC1=O. The summed E-state index contributed by atoms with van der Waals surface area (Å²) in [6.07, 6.45) is 0.316. The first kappa shape index (κ1) is 11.3. The Balaban J connectivity index is 2.26. The Bertz CT molecular complexity index is 235. The molecule has 2 amide bonds. The van der Waals surface area contributed by atoms with E-state index in [1.807, 2.05) is 0 Å². The Morgan fingerprint density at radius 2 is 2.43 bits per heavy atom. The zero-order valence-corrected chi connectivity index (χ0v) is 9.17. The second-order valence-corrected chi connectivity index (χ2v) is 3.97. The van der Waals surface area contributed by atoms with Crippen LogP contribution in [0, 0.1) is 0 Å². The highest BCUT2D eigenvalue weighted by atomic mass is 32.2. The molecule has 14 heavy (non-hydrogen) atoms. The van der Waals surface area contributed by atoms with Crippen LogP contribution in [-0.4, -0.2) is 54.1 Å². The van der Waals surface area contributed by atoms with Crippen LogP contribution in [0.4, 0.5) is 4.79 Å². The van der Waals surface area contributed by atoms with E-state index in [4.69, 9.17) is 4.84 Å². The van der Waals surface area contributed by atoms with E-state index in [0.717, 1.165) is 12.3 Å². The topological polar surface area (TPSA) is 49.9 Å². The number of carbonyl (C=O) groups excluding carboxylic acids is 2. The smallest absolute Gasteiger partial charge is 0.281 e. The lowest BCUT2D eigenvalue weighted by molar-refractivity contribution is -0.168. The largest absolute Gasteiger partial charge is 0.332 e. The van der Waals surface area contributed by atoms with Crippen LogP contribution in [0.3, 0.4) is 0 Å². The van der Waals surface area contributed by atoms with Gasteiger partial charge < -0.3 is 4.90 Å². The number of thioether (sulfide) groups is 1. The summed E-state index contributed by atoms with van der Waals surface area (Å²) in [4.78, 5) is 28.9. The first-order chi connectivity index (χ1) is 6.65. The van der Waals surface area contributed by atoms with Crippen LogP contribution in [0.2, 0.25) is 0 Å². The number of nitrogens with zero attached hydrogens (tertiary/aromatic N) is 2. The maximum atomic E-state index is 11.3. The van der Waals surface area contributed by atoms with E-state index in [1.54, 1.807) is 11.9 Å². The fourth-order valence-corrected chi connectivity index (χ4v) is 1.97. The van der Waals surface area contributed by atoms with E-state index in [-0.39, 0.29) is 11.1 Å². The highest BCUT2D eigenvalue weighted by Gasteiger charge is 2.21. The molecule has 1 heterocycles. The van der Waals surface area contributed by atoms with E-state index in [9.17, 15) is 9.59 Å². The summed E-state index contributed by atoms with van der Waals surface area (Å²) in [6.45, 7) is 1.23. The molecular weight excluding hydrogens is 204 g/mol. The third-order valence-corrected chi connectivity index (χ3v) is 2.96. The fourth-order valence-electron chi connectivity index (χ4n) is 1.12. The van der Waals surface area contributed by atoms with Crippen molar-refractivity contribution in [3.05, 3.63) is 0 Å². The van der Waals surface area contributed by atoms with Gasteiger partial charge in [0.1, 0.15) is 0 Å². The Kier molecular flexibility index (Phi) is 4.21. The van der Waals surface area contributed by atoms with Crippen LogP contribution in [0.15, 0.2) is 0 Å². The zero-order valence-electron chi connectivity index (χ0n) is 8.36. The first-order valence-electron chi connectivity index (χ1n) is 4.37. The molecule has 0 N–H and O–H groups in total. The third kappa shape index (κ3) is 2.88. The predicted molar refractivity (Wildman–Crippen MR) is 53.8 cm³/mol. The average Bonchev–Trinajstić information content (AvgIpc) is 2.59. The molecule has 0 aromatic carbocycles. The molecule has 0 aliphatic carbocycles. The van der Waals surface area contributed by atoms with Gasteiger partial charge in [0.15, 0.2) is 0 Å². The van der Waals surface area contributed by atoms with Gasteiger partial charge in [0.05, 0.1) is 7.11 Å². The third-order valence-electron chi connectivity index (χ3n) is 2.07. The van der Waals surface area contributed by atoms with Gasteiger partial charge in [-0.25, -0.2) is 5.06 Å². The molecule has 1 rings (SSSR count). The minimum absolute atomic E-state index is 0.0675. The Hall–Kier alpha value is -0.750. The van der Waals surface area contributed by atoms with Crippen molar-refractivity contribution < 1.29 is 14.4 Å². The second-order valence-electron chi connectivity index (χ2n) is 2.93. The van der Waals surface area contributed by atoms with E-state index < -0.39 is 0 Å². The van der Waals surface area contributed by atoms with E-state index in [2.05, 4.69) is 0 Å². The number of carbonyl (C=O) groups is 2. The standard InChI is InChI=1S/C8H14N2O3S/c1-9(13-2)7(11)3-4-10-5-6-14-8(10)12/h3-6H2,1-2H3. The number of hydrogen-bond acceptors (Lipinski definition) is 4. The molecule has 0 bridgehead atoms. The van der Waals surface area contributed by atoms with E-state index in [0.29, 0.717) is 13.0 Å². The van der Waals surface area contributed by atoms with Gasteiger partial charge in [-0.1, -0.05) is 11.8 Å². The maximum Gasteiger partial charge on any atom is 0.281 e. The molecule has 80 valence electrons. The van der Waals surface area contributed by atoms with Crippen LogP contribution < -0.4 is 0 Å². The van der Waals surface area contributed by atoms with Crippen LogP contribution in [0.5, 0.6) is 0 Å². The van der Waals surface area contributed by atoms with Crippen LogP contribution >= 0.6 is 11.8 Å². The van der Waals surface area contributed by atoms with E-state index in [1.165, 1.54) is 23.9 Å². The first-order valence-corrected chi connectivity index (χ1v) is 5.36.